The molecule has 4 aromatic rings. The third-order valence-electron chi connectivity index (χ3n) is 7.55. The number of hydrogen-bond acceptors (Lipinski definition) is 4. The molecule has 8 rings (SSSR count). The van der Waals surface area contributed by atoms with Crippen molar-refractivity contribution in [2.45, 2.75) is 40.4 Å². The monoisotopic (exact) mass is 487 g/mol. The second-order valence-electron chi connectivity index (χ2n) is 9.55. The second-order valence-corrected chi connectivity index (χ2v) is 11.8. The molecule has 0 aromatic heterocycles. The zero-order valence-electron chi connectivity index (χ0n) is 19.2. The number of thioether (sulfide) groups is 1. The third kappa shape index (κ3) is 3.01. The predicted octanol–water partition coefficient (Wildman–Crippen LogP) is 6.80. The summed E-state index contributed by atoms with van der Waals surface area (Å²) in [6, 6.07) is 31.1. The van der Waals surface area contributed by atoms with Crippen LogP contribution in [0.3, 0.4) is 0 Å². The van der Waals surface area contributed by atoms with Crippen molar-refractivity contribution in [3.63, 3.8) is 0 Å². The van der Waals surface area contributed by atoms with Gasteiger partial charge in [-0.1, -0.05) is 71.5 Å². The molecule has 3 aliphatic heterocycles. The van der Waals surface area contributed by atoms with Crippen LogP contribution in [-0.2, 0) is 0 Å². The molecule has 35 heavy (non-hydrogen) atoms. The van der Waals surface area contributed by atoms with Crippen LogP contribution >= 0.6 is 23.5 Å². The van der Waals surface area contributed by atoms with E-state index >= 15 is 0 Å². The Morgan fingerprint density at radius 1 is 0.686 bits per heavy atom. The van der Waals surface area contributed by atoms with Crippen LogP contribution in [0.15, 0.2) is 110 Å². The molecular weight excluding hydrogens is 465 g/mol. The fraction of sp³-hybridized carbons (Fsp3) is 0.133. The molecule has 5 heteroatoms. The first-order chi connectivity index (χ1) is 17.3. The quantitative estimate of drug-likeness (QED) is 0.236. The van der Waals surface area contributed by atoms with E-state index in [1.807, 2.05) is 23.5 Å². The minimum absolute atomic E-state index is 0.213. The fourth-order valence-electron chi connectivity index (χ4n) is 6.01. The molecule has 0 fully saturated rings. The predicted molar refractivity (Wildman–Crippen MR) is 148 cm³/mol. The van der Waals surface area contributed by atoms with E-state index in [4.69, 9.17) is 4.74 Å². The Morgan fingerprint density at radius 2 is 1.51 bits per heavy atom. The summed E-state index contributed by atoms with van der Waals surface area (Å²) in [6.07, 6.45) is 4.85. The van der Waals surface area contributed by atoms with Gasteiger partial charge in [-0.3, -0.25) is 0 Å². The van der Waals surface area contributed by atoms with Crippen LogP contribution in [0.1, 0.15) is 25.7 Å². The van der Waals surface area contributed by atoms with Crippen molar-refractivity contribution >= 4 is 58.0 Å². The van der Waals surface area contributed by atoms with Crippen LogP contribution in [0.5, 0.6) is 11.5 Å². The highest BCUT2D eigenvalue weighted by molar-refractivity contribution is 8.03. The molecule has 3 heterocycles. The maximum Gasteiger partial charge on any atom is 0.253 e. The average Bonchev–Trinajstić information content (AvgIpc) is 2.91. The summed E-state index contributed by atoms with van der Waals surface area (Å²) in [5, 5.41) is 0. The minimum atomic E-state index is 0.213. The largest absolute Gasteiger partial charge is 0.458 e. The van der Waals surface area contributed by atoms with Crippen LogP contribution in [0, 0.1) is 0 Å². The smallest absolute Gasteiger partial charge is 0.253 e. The summed E-state index contributed by atoms with van der Waals surface area (Å²) in [5.74, 6) is 1.97. The molecule has 4 aliphatic rings. The van der Waals surface area contributed by atoms with Crippen LogP contribution in [0.4, 0.5) is 11.4 Å². The lowest BCUT2D eigenvalue weighted by Gasteiger charge is -2.38. The molecule has 0 amide bonds. The van der Waals surface area contributed by atoms with E-state index < -0.39 is 0 Å². The standard InChI is InChI=1S/C30H22BNOS2/c1-4-12-26-21(8-1)31-20-17-16-19(18-25(20)33-24-11-7-15-29(34-26)30(24)31)32-22-9-2-5-13-27(22)35-28-14-6-3-10-23(28)32/h1-2,4-5,7-9,11-13,15-18H,3,6,10,14H2. The summed E-state index contributed by atoms with van der Waals surface area (Å²) < 4.78 is 6.63. The zero-order valence-corrected chi connectivity index (χ0v) is 20.8. The Morgan fingerprint density at radius 3 is 2.49 bits per heavy atom. The summed E-state index contributed by atoms with van der Waals surface area (Å²) in [6.45, 7) is 0.213. The van der Waals surface area contributed by atoms with Gasteiger partial charge in [0, 0.05) is 37.0 Å². The number of ether oxygens (including phenoxy) is 1. The number of fused-ring (bicyclic) bond motifs is 5. The van der Waals surface area contributed by atoms with E-state index in [1.54, 1.807) is 0 Å². The zero-order chi connectivity index (χ0) is 22.9. The van der Waals surface area contributed by atoms with Gasteiger partial charge in [-0.05, 0) is 73.0 Å². The first-order valence-corrected chi connectivity index (χ1v) is 14.0. The molecule has 0 saturated carbocycles. The molecule has 168 valence electrons. The minimum Gasteiger partial charge on any atom is -0.458 e. The van der Waals surface area contributed by atoms with Gasteiger partial charge in [0.1, 0.15) is 11.5 Å². The Bertz CT molecular complexity index is 1560. The maximum atomic E-state index is 6.63. The van der Waals surface area contributed by atoms with Crippen molar-refractivity contribution in [1.82, 2.24) is 0 Å². The van der Waals surface area contributed by atoms with Gasteiger partial charge in [-0.15, -0.1) is 0 Å². The van der Waals surface area contributed by atoms with Crippen LogP contribution in [-0.4, -0.2) is 6.71 Å². The summed E-state index contributed by atoms with van der Waals surface area (Å²) in [5.41, 5.74) is 7.91. The second kappa shape index (κ2) is 7.74. The lowest BCUT2D eigenvalue weighted by Crippen LogP contribution is -2.57. The van der Waals surface area contributed by atoms with E-state index in [0.29, 0.717) is 0 Å². The number of rotatable bonds is 1. The van der Waals surface area contributed by atoms with Gasteiger partial charge in [-0.25, -0.2) is 0 Å². The van der Waals surface area contributed by atoms with Crippen LogP contribution in [0.2, 0.25) is 0 Å². The number of nitrogens with zero attached hydrogens (tertiary/aromatic N) is 1. The lowest BCUT2D eigenvalue weighted by molar-refractivity contribution is 0.486. The SMILES string of the molecule is c1ccc2c(c1)Sc1cccc3c1B2c1ccc(N2C4=C(CCCC4)Sc4ccccc42)cc1O3. The Hall–Kier alpha value is -3.02. The van der Waals surface area contributed by atoms with Gasteiger partial charge in [0.25, 0.3) is 6.71 Å². The molecule has 1 aliphatic carbocycles. The number of benzene rings is 4. The molecule has 0 spiro atoms. The van der Waals surface area contributed by atoms with Crippen molar-refractivity contribution in [1.29, 1.82) is 0 Å². The van der Waals surface area contributed by atoms with E-state index in [9.17, 15) is 0 Å². The number of para-hydroxylation sites is 1. The van der Waals surface area contributed by atoms with Crippen LogP contribution in [0.25, 0.3) is 0 Å². The van der Waals surface area contributed by atoms with Gasteiger partial charge < -0.3 is 9.64 Å². The topological polar surface area (TPSA) is 12.5 Å². The number of hydrogen-bond donors (Lipinski definition) is 0. The molecule has 0 radical (unpaired) electrons. The van der Waals surface area contributed by atoms with Crippen LogP contribution < -0.4 is 26.0 Å². The van der Waals surface area contributed by atoms with Crippen molar-refractivity contribution in [2.75, 3.05) is 4.90 Å². The first-order valence-electron chi connectivity index (χ1n) is 12.4. The molecule has 0 N–H and O–H groups in total. The molecule has 0 saturated heterocycles. The van der Waals surface area contributed by atoms with E-state index in [0.717, 1.165) is 17.9 Å². The van der Waals surface area contributed by atoms with E-state index in [-0.39, 0.29) is 6.71 Å². The summed E-state index contributed by atoms with van der Waals surface area (Å²) in [7, 11) is 0. The highest BCUT2D eigenvalue weighted by atomic mass is 32.2. The van der Waals surface area contributed by atoms with Crippen molar-refractivity contribution < 1.29 is 4.74 Å². The van der Waals surface area contributed by atoms with Crippen molar-refractivity contribution in [2.24, 2.45) is 0 Å². The third-order valence-corrected chi connectivity index (χ3v) is 9.97. The Balaban J connectivity index is 1.31. The first kappa shape index (κ1) is 20.2. The molecule has 2 nitrogen and oxygen atoms in total. The molecule has 0 atom stereocenters. The maximum absolute atomic E-state index is 6.63. The van der Waals surface area contributed by atoms with Crippen molar-refractivity contribution in [3.05, 3.63) is 95.5 Å². The van der Waals surface area contributed by atoms with E-state index in [1.165, 1.54) is 72.3 Å². The Labute approximate surface area is 214 Å². The van der Waals surface area contributed by atoms with Gasteiger partial charge >= 0.3 is 0 Å². The van der Waals surface area contributed by atoms with Gasteiger partial charge in [-0.2, -0.15) is 0 Å². The Kier molecular flexibility index (Phi) is 4.47. The molecule has 0 bridgehead atoms. The fourth-order valence-corrected chi connectivity index (χ4v) is 8.41. The number of allylic oxidation sites excluding steroid dienone is 2. The van der Waals surface area contributed by atoms with Gasteiger partial charge in [0.15, 0.2) is 0 Å². The highest BCUT2D eigenvalue weighted by Crippen LogP contribution is 2.51. The number of anilines is 2. The average molecular weight is 487 g/mol. The molecule has 4 aromatic carbocycles. The molecule has 0 unspecified atom stereocenters. The highest BCUT2D eigenvalue weighted by Gasteiger charge is 2.39. The lowest BCUT2D eigenvalue weighted by atomic mass is 9.35. The summed E-state index contributed by atoms with van der Waals surface area (Å²) >= 11 is 3.83. The molecular formula is C30H22BNOS2. The van der Waals surface area contributed by atoms with Gasteiger partial charge in [0.2, 0.25) is 0 Å². The van der Waals surface area contributed by atoms with Gasteiger partial charge in [0.05, 0.1) is 5.69 Å². The van der Waals surface area contributed by atoms with E-state index in [2.05, 4.69) is 89.8 Å². The normalized spacial score (nSPS) is 17.0. The van der Waals surface area contributed by atoms with Crippen molar-refractivity contribution in [3.8, 4) is 11.5 Å². The summed E-state index contributed by atoms with van der Waals surface area (Å²) in [4.78, 5) is 8.03.